The van der Waals surface area contributed by atoms with Crippen LogP contribution in [0.25, 0.3) is 5.52 Å². The summed E-state index contributed by atoms with van der Waals surface area (Å²) in [6.07, 6.45) is 6.52. The van der Waals surface area contributed by atoms with Gasteiger partial charge >= 0.3 is 0 Å². The lowest BCUT2D eigenvalue weighted by molar-refractivity contribution is 0.460. The van der Waals surface area contributed by atoms with Crippen molar-refractivity contribution in [1.29, 1.82) is 0 Å². The monoisotopic (exact) mass is 251 g/mol. The highest BCUT2D eigenvalue weighted by atomic mass is 35.5. The summed E-state index contributed by atoms with van der Waals surface area (Å²) in [5.41, 5.74) is 3.98. The van der Waals surface area contributed by atoms with Gasteiger partial charge in [0.05, 0.1) is 11.7 Å². The van der Waals surface area contributed by atoms with E-state index in [-0.39, 0.29) is 12.4 Å². The molecule has 4 heteroatoms. The molecular formula is C13H18ClN3. The van der Waals surface area contributed by atoms with E-state index in [2.05, 4.69) is 35.7 Å². The lowest BCUT2D eigenvalue weighted by Gasteiger charge is -2.23. The number of piperidine rings is 1. The van der Waals surface area contributed by atoms with Crippen molar-refractivity contribution in [3.8, 4) is 0 Å². The second-order valence-corrected chi connectivity index (χ2v) is 4.64. The minimum Gasteiger partial charge on any atom is -0.317 e. The van der Waals surface area contributed by atoms with E-state index in [1.807, 2.05) is 10.7 Å². The molecule has 0 aromatic carbocycles. The minimum absolute atomic E-state index is 0. The summed E-state index contributed by atoms with van der Waals surface area (Å²) in [6, 6.07) is 4.52. The predicted octanol–water partition coefficient (Wildman–Crippen LogP) is 2.53. The Hall–Kier alpha value is -1.06. The highest BCUT2D eigenvalue weighted by molar-refractivity contribution is 5.85. The lowest BCUT2D eigenvalue weighted by Crippen LogP contribution is -2.26. The SMILES string of the molecule is Cc1cnn2ccc(C3CCNCC3)cc12.Cl. The summed E-state index contributed by atoms with van der Waals surface area (Å²) < 4.78 is 1.96. The molecule has 1 N–H and O–H groups in total. The van der Waals surface area contributed by atoms with Crippen molar-refractivity contribution in [2.75, 3.05) is 13.1 Å². The fourth-order valence-electron chi connectivity index (χ4n) is 2.53. The third-order valence-corrected chi connectivity index (χ3v) is 3.55. The number of halogens is 1. The number of pyridine rings is 1. The third kappa shape index (κ3) is 2.31. The summed E-state index contributed by atoms with van der Waals surface area (Å²) in [4.78, 5) is 0. The van der Waals surface area contributed by atoms with Gasteiger partial charge in [0.15, 0.2) is 0 Å². The van der Waals surface area contributed by atoms with Gasteiger partial charge in [-0.05, 0) is 62.0 Å². The number of aromatic nitrogens is 2. The summed E-state index contributed by atoms with van der Waals surface area (Å²) in [5.74, 6) is 0.723. The molecule has 1 fully saturated rings. The Labute approximate surface area is 108 Å². The Balaban J connectivity index is 0.00000108. The fourth-order valence-corrected chi connectivity index (χ4v) is 2.53. The quantitative estimate of drug-likeness (QED) is 0.844. The molecule has 0 aliphatic carbocycles. The topological polar surface area (TPSA) is 29.3 Å². The standard InChI is InChI=1S/C13H17N3.ClH/c1-10-9-15-16-7-4-12(8-13(10)16)11-2-5-14-6-3-11;/h4,7-9,11,14H,2-3,5-6H2,1H3;1H. The van der Waals surface area contributed by atoms with Gasteiger partial charge in [0, 0.05) is 6.20 Å². The van der Waals surface area contributed by atoms with Gasteiger partial charge in [-0.3, -0.25) is 0 Å². The molecule has 0 bridgehead atoms. The van der Waals surface area contributed by atoms with Gasteiger partial charge in [-0.1, -0.05) is 0 Å². The molecule has 0 atom stereocenters. The number of aryl methyl sites for hydroxylation is 1. The van der Waals surface area contributed by atoms with Gasteiger partial charge < -0.3 is 5.32 Å². The molecule has 0 unspecified atom stereocenters. The second-order valence-electron chi connectivity index (χ2n) is 4.64. The van der Waals surface area contributed by atoms with Crippen molar-refractivity contribution in [1.82, 2.24) is 14.9 Å². The second kappa shape index (κ2) is 5.07. The summed E-state index contributed by atoms with van der Waals surface area (Å²) in [6.45, 7) is 4.41. The van der Waals surface area contributed by atoms with Crippen molar-refractivity contribution in [3.63, 3.8) is 0 Å². The van der Waals surface area contributed by atoms with Crippen LogP contribution in [0.1, 0.15) is 29.9 Å². The molecule has 3 nitrogen and oxygen atoms in total. The maximum absolute atomic E-state index is 4.31. The molecule has 2 aromatic heterocycles. The maximum Gasteiger partial charge on any atom is 0.0693 e. The molecule has 0 amide bonds. The number of rotatable bonds is 1. The van der Waals surface area contributed by atoms with Crippen LogP contribution >= 0.6 is 12.4 Å². The Morgan fingerprint density at radius 3 is 2.88 bits per heavy atom. The molecule has 1 aliphatic rings. The Bertz CT molecular complexity index is 500. The van der Waals surface area contributed by atoms with Crippen molar-refractivity contribution >= 4 is 17.9 Å². The van der Waals surface area contributed by atoms with E-state index >= 15 is 0 Å². The Morgan fingerprint density at radius 2 is 2.12 bits per heavy atom. The van der Waals surface area contributed by atoms with Crippen LogP contribution in [-0.2, 0) is 0 Å². The fraction of sp³-hybridized carbons (Fsp3) is 0.462. The van der Waals surface area contributed by atoms with Gasteiger partial charge in [-0.25, -0.2) is 4.52 Å². The van der Waals surface area contributed by atoms with Crippen molar-refractivity contribution in [3.05, 3.63) is 35.7 Å². The largest absolute Gasteiger partial charge is 0.317 e. The predicted molar refractivity (Wildman–Crippen MR) is 72.0 cm³/mol. The van der Waals surface area contributed by atoms with Gasteiger partial charge in [0.1, 0.15) is 0 Å². The van der Waals surface area contributed by atoms with E-state index < -0.39 is 0 Å². The maximum atomic E-state index is 4.31. The first-order chi connectivity index (χ1) is 7.84. The van der Waals surface area contributed by atoms with Crippen LogP contribution in [0.15, 0.2) is 24.5 Å². The first-order valence-electron chi connectivity index (χ1n) is 5.99. The number of fused-ring (bicyclic) bond motifs is 1. The summed E-state index contributed by atoms with van der Waals surface area (Å²) >= 11 is 0. The zero-order valence-corrected chi connectivity index (χ0v) is 10.8. The van der Waals surface area contributed by atoms with Crippen molar-refractivity contribution in [2.45, 2.75) is 25.7 Å². The zero-order chi connectivity index (χ0) is 11.0. The van der Waals surface area contributed by atoms with E-state index in [0.717, 1.165) is 19.0 Å². The Morgan fingerprint density at radius 1 is 1.35 bits per heavy atom. The van der Waals surface area contributed by atoms with E-state index in [9.17, 15) is 0 Å². The van der Waals surface area contributed by atoms with Crippen molar-refractivity contribution in [2.24, 2.45) is 0 Å². The van der Waals surface area contributed by atoms with E-state index in [0.29, 0.717) is 0 Å². The molecule has 17 heavy (non-hydrogen) atoms. The zero-order valence-electron chi connectivity index (χ0n) is 10.0. The van der Waals surface area contributed by atoms with Gasteiger partial charge in [0.2, 0.25) is 0 Å². The molecule has 3 heterocycles. The smallest absolute Gasteiger partial charge is 0.0693 e. The normalized spacial score (nSPS) is 17.0. The average Bonchev–Trinajstić information content (AvgIpc) is 2.72. The lowest BCUT2D eigenvalue weighted by atomic mass is 9.90. The average molecular weight is 252 g/mol. The molecule has 0 spiro atoms. The van der Waals surface area contributed by atoms with Crippen LogP contribution in [0.5, 0.6) is 0 Å². The number of nitrogens with one attached hydrogen (secondary N) is 1. The third-order valence-electron chi connectivity index (χ3n) is 3.55. The van der Waals surface area contributed by atoms with Crippen LogP contribution in [-0.4, -0.2) is 22.7 Å². The molecule has 1 saturated heterocycles. The first-order valence-corrected chi connectivity index (χ1v) is 5.99. The highest BCUT2D eigenvalue weighted by Crippen LogP contribution is 2.26. The summed E-state index contributed by atoms with van der Waals surface area (Å²) in [5, 5.41) is 7.72. The minimum atomic E-state index is 0. The molecular weight excluding hydrogens is 234 g/mol. The van der Waals surface area contributed by atoms with Crippen LogP contribution in [0.3, 0.4) is 0 Å². The Kier molecular flexibility index (Phi) is 3.69. The van der Waals surface area contributed by atoms with Crippen LogP contribution in [0.2, 0.25) is 0 Å². The highest BCUT2D eigenvalue weighted by Gasteiger charge is 2.15. The number of hydrogen-bond donors (Lipinski definition) is 1. The molecule has 92 valence electrons. The van der Waals surface area contributed by atoms with Gasteiger partial charge in [0.25, 0.3) is 0 Å². The van der Waals surface area contributed by atoms with Gasteiger partial charge in [-0.15, -0.1) is 12.4 Å². The molecule has 3 rings (SSSR count). The van der Waals surface area contributed by atoms with Crippen LogP contribution in [0.4, 0.5) is 0 Å². The summed E-state index contributed by atoms with van der Waals surface area (Å²) in [7, 11) is 0. The van der Waals surface area contributed by atoms with E-state index in [1.165, 1.54) is 29.5 Å². The van der Waals surface area contributed by atoms with Gasteiger partial charge in [-0.2, -0.15) is 5.10 Å². The first kappa shape index (κ1) is 12.4. The van der Waals surface area contributed by atoms with Crippen LogP contribution in [0, 0.1) is 6.92 Å². The van der Waals surface area contributed by atoms with E-state index in [4.69, 9.17) is 0 Å². The molecule has 0 radical (unpaired) electrons. The van der Waals surface area contributed by atoms with Crippen LogP contribution < -0.4 is 5.32 Å². The van der Waals surface area contributed by atoms with E-state index in [1.54, 1.807) is 0 Å². The number of hydrogen-bond acceptors (Lipinski definition) is 2. The number of nitrogens with zero attached hydrogens (tertiary/aromatic N) is 2. The molecule has 0 saturated carbocycles. The molecule has 1 aliphatic heterocycles. The van der Waals surface area contributed by atoms with Crippen molar-refractivity contribution < 1.29 is 0 Å². The molecule has 2 aromatic rings.